The highest BCUT2D eigenvalue weighted by atomic mass is 32.2. The van der Waals surface area contributed by atoms with Gasteiger partial charge in [0.05, 0.1) is 0 Å². The van der Waals surface area contributed by atoms with Gasteiger partial charge >= 0.3 is 0 Å². The van der Waals surface area contributed by atoms with Crippen LogP contribution in [0.3, 0.4) is 0 Å². The van der Waals surface area contributed by atoms with Crippen molar-refractivity contribution in [1.82, 2.24) is 0 Å². The molecule has 0 saturated carbocycles. The summed E-state index contributed by atoms with van der Waals surface area (Å²) in [6.07, 6.45) is 1.08. The fraction of sp³-hybridized carbons (Fsp3) is 0.188. The van der Waals surface area contributed by atoms with Crippen LogP contribution in [0.4, 0.5) is 0 Å². The van der Waals surface area contributed by atoms with Gasteiger partial charge in [0.25, 0.3) is 0 Å². The highest BCUT2D eigenvalue weighted by Gasteiger charge is 2.00. The summed E-state index contributed by atoms with van der Waals surface area (Å²) >= 11 is 1.83. The van der Waals surface area contributed by atoms with Crippen LogP contribution < -0.4 is 0 Å². The minimum Gasteiger partial charge on any atom is -0.304 e. The summed E-state index contributed by atoms with van der Waals surface area (Å²) in [7, 11) is 0. The molecule has 0 aliphatic rings. The summed E-state index contributed by atoms with van der Waals surface area (Å²) in [6, 6.07) is 20.5. The van der Waals surface area contributed by atoms with E-state index in [1.807, 2.05) is 48.2 Å². The van der Waals surface area contributed by atoms with Crippen LogP contribution in [0.25, 0.3) is 0 Å². The second-order valence-corrected chi connectivity index (χ2v) is 5.24. The Bertz CT molecular complexity index is 479. The number of hydrogen-bond acceptors (Lipinski definition) is 2. The largest absolute Gasteiger partial charge is 0.304 e. The van der Waals surface area contributed by atoms with Gasteiger partial charge in [-0.25, -0.2) is 0 Å². The van der Waals surface area contributed by atoms with E-state index in [1.54, 1.807) is 0 Å². The molecule has 0 aliphatic heterocycles. The number of aryl methyl sites for hydroxylation is 1. The third kappa shape index (κ3) is 4.04. The lowest BCUT2D eigenvalue weighted by Crippen LogP contribution is -2.03. The molecule has 92 valence electrons. The van der Waals surface area contributed by atoms with Gasteiger partial charge in [-0.2, -0.15) is 11.8 Å². The van der Waals surface area contributed by atoms with Crippen LogP contribution in [0.2, 0.25) is 0 Å². The van der Waals surface area contributed by atoms with E-state index in [4.69, 9.17) is 5.41 Å². The van der Waals surface area contributed by atoms with Crippen molar-refractivity contribution in [3.05, 3.63) is 71.8 Å². The van der Waals surface area contributed by atoms with Gasteiger partial charge in [-0.3, -0.25) is 0 Å². The van der Waals surface area contributed by atoms with Crippen molar-refractivity contribution < 1.29 is 0 Å². The molecule has 0 unspecified atom stereocenters. The molecule has 0 aliphatic carbocycles. The van der Waals surface area contributed by atoms with E-state index in [0.717, 1.165) is 23.5 Å². The van der Waals surface area contributed by atoms with E-state index in [-0.39, 0.29) is 0 Å². The van der Waals surface area contributed by atoms with Gasteiger partial charge in [-0.05, 0) is 23.3 Å². The fourth-order valence-electron chi connectivity index (χ4n) is 1.73. The molecule has 2 aromatic carbocycles. The average Bonchev–Trinajstić information content (AvgIpc) is 2.45. The Morgan fingerprint density at radius 1 is 0.889 bits per heavy atom. The second-order valence-electron chi connectivity index (χ2n) is 4.13. The van der Waals surface area contributed by atoms with Gasteiger partial charge in [-0.15, -0.1) is 0 Å². The molecular weight excluding hydrogens is 238 g/mol. The quantitative estimate of drug-likeness (QED) is 0.611. The van der Waals surface area contributed by atoms with Crippen LogP contribution >= 0.6 is 11.8 Å². The minimum absolute atomic E-state index is 0.716. The summed E-state index contributed by atoms with van der Waals surface area (Å²) in [4.78, 5) is 0. The molecule has 1 N–H and O–H groups in total. The van der Waals surface area contributed by atoms with Crippen molar-refractivity contribution in [3.63, 3.8) is 0 Å². The van der Waals surface area contributed by atoms with E-state index in [9.17, 15) is 0 Å². The fourth-order valence-corrected chi connectivity index (χ4v) is 2.63. The van der Waals surface area contributed by atoms with E-state index in [1.165, 1.54) is 5.56 Å². The Labute approximate surface area is 113 Å². The van der Waals surface area contributed by atoms with Crippen molar-refractivity contribution >= 4 is 17.5 Å². The molecule has 0 atom stereocenters. The maximum absolute atomic E-state index is 7.99. The Balaban J connectivity index is 1.72. The minimum atomic E-state index is 0.716. The van der Waals surface area contributed by atoms with E-state index >= 15 is 0 Å². The first kappa shape index (κ1) is 12.9. The average molecular weight is 255 g/mol. The number of nitrogens with one attached hydrogen (secondary N) is 1. The predicted molar refractivity (Wildman–Crippen MR) is 80.7 cm³/mol. The zero-order chi connectivity index (χ0) is 12.6. The molecule has 0 amide bonds. The third-order valence-electron chi connectivity index (χ3n) is 2.75. The van der Waals surface area contributed by atoms with E-state index in [2.05, 4.69) is 24.3 Å². The smallest absolute Gasteiger partial charge is 0.0485 e. The topological polar surface area (TPSA) is 23.9 Å². The Hall–Kier alpha value is -1.54. The van der Waals surface area contributed by atoms with E-state index in [0.29, 0.717) is 5.71 Å². The normalized spacial score (nSPS) is 10.2. The van der Waals surface area contributed by atoms with Gasteiger partial charge in [0, 0.05) is 11.5 Å². The molecule has 0 spiro atoms. The highest BCUT2D eigenvalue weighted by Crippen LogP contribution is 2.10. The molecule has 2 aromatic rings. The van der Waals surface area contributed by atoms with Crippen molar-refractivity contribution in [2.24, 2.45) is 0 Å². The first-order chi connectivity index (χ1) is 8.86. The van der Waals surface area contributed by atoms with Crippen LogP contribution in [0.5, 0.6) is 0 Å². The zero-order valence-corrected chi connectivity index (χ0v) is 11.1. The Morgan fingerprint density at radius 2 is 1.50 bits per heavy atom. The lowest BCUT2D eigenvalue weighted by atomic mass is 10.1. The summed E-state index contributed by atoms with van der Waals surface area (Å²) in [5, 5.41) is 7.99. The molecule has 0 radical (unpaired) electrons. The Morgan fingerprint density at radius 3 is 2.17 bits per heavy atom. The van der Waals surface area contributed by atoms with Crippen molar-refractivity contribution in [2.75, 3.05) is 11.5 Å². The molecule has 1 nitrogen and oxygen atoms in total. The molecule has 2 rings (SSSR count). The SMILES string of the molecule is N=C(CSCCc1ccccc1)c1ccccc1. The molecule has 2 heteroatoms. The lowest BCUT2D eigenvalue weighted by molar-refractivity contribution is 1.16. The monoisotopic (exact) mass is 255 g/mol. The molecule has 0 bridgehead atoms. The van der Waals surface area contributed by atoms with E-state index < -0.39 is 0 Å². The summed E-state index contributed by atoms with van der Waals surface area (Å²) in [5.74, 6) is 1.86. The van der Waals surface area contributed by atoms with Crippen molar-refractivity contribution in [2.45, 2.75) is 6.42 Å². The van der Waals surface area contributed by atoms with Crippen LogP contribution in [0.1, 0.15) is 11.1 Å². The number of hydrogen-bond donors (Lipinski definition) is 1. The summed E-state index contributed by atoms with van der Waals surface area (Å²) in [5.41, 5.74) is 3.12. The first-order valence-electron chi connectivity index (χ1n) is 6.11. The van der Waals surface area contributed by atoms with Crippen LogP contribution in [0.15, 0.2) is 60.7 Å². The number of benzene rings is 2. The maximum atomic E-state index is 7.99. The predicted octanol–water partition coefficient (Wildman–Crippen LogP) is 4.03. The molecule has 0 fully saturated rings. The summed E-state index contributed by atoms with van der Waals surface area (Å²) in [6.45, 7) is 0. The lowest BCUT2D eigenvalue weighted by Gasteiger charge is -2.04. The van der Waals surface area contributed by atoms with Crippen LogP contribution in [0, 0.1) is 5.41 Å². The Kier molecular flexibility index (Phi) is 5.03. The third-order valence-corrected chi connectivity index (χ3v) is 3.73. The molecule has 18 heavy (non-hydrogen) atoms. The van der Waals surface area contributed by atoms with Gasteiger partial charge in [0.15, 0.2) is 0 Å². The first-order valence-corrected chi connectivity index (χ1v) is 7.26. The number of rotatable bonds is 6. The molecule has 0 heterocycles. The summed E-state index contributed by atoms with van der Waals surface area (Å²) < 4.78 is 0. The molecular formula is C16H17NS. The van der Waals surface area contributed by atoms with Crippen molar-refractivity contribution in [3.8, 4) is 0 Å². The number of thioether (sulfide) groups is 1. The van der Waals surface area contributed by atoms with Crippen molar-refractivity contribution in [1.29, 1.82) is 5.41 Å². The zero-order valence-electron chi connectivity index (χ0n) is 10.3. The second kappa shape index (κ2) is 7.02. The standard InChI is InChI=1S/C16H17NS/c17-16(15-9-5-2-6-10-15)13-18-12-11-14-7-3-1-4-8-14/h1-10,17H,11-13H2. The van der Waals surface area contributed by atoms with Gasteiger partial charge in [0.1, 0.15) is 0 Å². The molecule has 0 saturated heterocycles. The van der Waals surface area contributed by atoms with Gasteiger partial charge in [-0.1, -0.05) is 60.7 Å². The van der Waals surface area contributed by atoms with Crippen LogP contribution in [-0.4, -0.2) is 17.2 Å². The molecule has 0 aromatic heterocycles. The highest BCUT2D eigenvalue weighted by molar-refractivity contribution is 7.99. The maximum Gasteiger partial charge on any atom is 0.0485 e. The van der Waals surface area contributed by atoms with Crippen LogP contribution in [-0.2, 0) is 6.42 Å². The van der Waals surface area contributed by atoms with Gasteiger partial charge < -0.3 is 5.41 Å². The van der Waals surface area contributed by atoms with Gasteiger partial charge in [0.2, 0.25) is 0 Å².